The molecule has 0 saturated carbocycles. The molecule has 0 aliphatic carbocycles. The quantitative estimate of drug-likeness (QED) is 0.399. The molecule has 1 aliphatic heterocycles. The summed E-state index contributed by atoms with van der Waals surface area (Å²) in [6.07, 6.45) is 2.51. The van der Waals surface area contributed by atoms with Crippen LogP contribution in [0.5, 0.6) is 11.5 Å². The predicted octanol–water partition coefficient (Wildman–Crippen LogP) is 4.81. The maximum atomic E-state index is 12.9. The Morgan fingerprint density at radius 2 is 1.88 bits per heavy atom. The van der Waals surface area contributed by atoms with Crippen LogP contribution in [-0.4, -0.2) is 21.8 Å². The van der Waals surface area contributed by atoms with E-state index in [2.05, 4.69) is 23.3 Å². The molecule has 8 heteroatoms. The number of fused-ring (bicyclic) bond motifs is 2. The third-order valence-electron chi connectivity index (χ3n) is 5.63. The van der Waals surface area contributed by atoms with E-state index in [-0.39, 0.29) is 12.4 Å². The summed E-state index contributed by atoms with van der Waals surface area (Å²) in [6.45, 7) is 3.01. The Balaban J connectivity index is 1.46. The summed E-state index contributed by atoms with van der Waals surface area (Å²) >= 11 is 5.77. The van der Waals surface area contributed by atoms with Crippen LogP contribution in [0.25, 0.3) is 10.9 Å². The molecule has 0 spiro atoms. The fraction of sp³-hybridized carbons (Fsp3) is 0.200. The maximum Gasteiger partial charge on any atom is 0.253 e. The molecule has 0 bridgehead atoms. The van der Waals surface area contributed by atoms with Crippen LogP contribution in [0.15, 0.2) is 70.1 Å². The molecule has 7 nitrogen and oxygen atoms in total. The molecule has 33 heavy (non-hydrogen) atoms. The minimum Gasteiger partial charge on any atom is -0.467 e. The summed E-state index contributed by atoms with van der Waals surface area (Å²) < 4.78 is 16.5. The number of hydrogen-bond donors (Lipinski definition) is 2. The van der Waals surface area contributed by atoms with Gasteiger partial charge in [0, 0.05) is 22.7 Å². The van der Waals surface area contributed by atoms with E-state index in [1.54, 1.807) is 12.3 Å². The van der Waals surface area contributed by atoms with Gasteiger partial charge in [-0.1, -0.05) is 25.1 Å². The van der Waals surface area contributed by atoms with Crippen LogP contribution in [0.2, 0.25) is 0 Å². The second-order valence-corrected chi connectivity index (χ2v) is 8.18. The van der Waals surface area contributed by atoms with Crippen molar-refractivity contribution in [3.05, 3.63) is 88.1 Å². The monoisotopic (exact) mass is 461 g/mol. The molecule has 0 radical (unpaired) electrons. The summed E-state index contributed by atoms with van der Waals surface area (Å²) in [7, 11) is 0. The number of nitrogens with one attached hydrogen (secondary N) is 2. The van der Waals surface area contributed by atoms with Gasteiger partial charge in [-0.25, -0.2) is 0 Å². The lowest BCUT2D eigenvalue weighted by Gasteiger charge is -2.25. The summed E-state index contributed by atoms with van der Waals surface area (Å²) in [5.41, 5.74) is 3.22. The number of furan rings is 1. The first-order valence-corrected chi connectivity index (χ1v) is 11.1. The smallest absolute Gasteiger partial charge is 0.253 e. The standard InChI is InChI=1S/C25H23N3O4S/c1-2-16-6-3-4-8-20(16)27-25(33)28(14-19-7-5-9-30-19)13-18-10-17-11-22-23(32-15-31-22)12-21(17)26-24(18)29/h3-12H,2,13-15H2,1H3,(H,26,29)(H,27,33). The number of aromatic nitrogens is 1. The van der Waals surface area contributed by atoms with Crippen molar-refractivity contribution < 1.29 is 13.9 Å². The van der Waals surface area contributed by atoms with Gasteiger partial charge in [-0.2, -0.15) is 0 Å². The fourth-order valence-electron chi connectivity index (χ4n) is 3.90. The van der Waals surface area contributed by atoms with Gasteiger partial charge >= 0.3 is 0 Å². The first-order chi connectivity index (χ1) is 16.1. The Morgan fingerprint density at radius 3 is 2.67 bits per heavy atom. The zero-order valence-electron chi connectivity index (χ0n) is 18.1. The number of thiocarbonyl (C=S) groups is 1. The molecule has 0 unspecified atom stereocenters. The molecule has 0 fully saturated rings. The van der Waals surface area contributed by atoms with E-state index in [4.69, 9.17) is 26.1 Å². The molecular formula is C25H23N3O4S. The fourth-order valence-corrected chi connectivity index (χ4v) is 4.14. The number of anilines is 1. The number of benzene rings is 2. The summed E-state index contributed by atoms with van der Waals surface area (Å²) in [6, 6.07) is 17.3. The highest BCUT2D eigenvalue weighted by atomic mass is 32.1. The van der Waals surface area contributed by atoms with E-state index in [1.807, 2.05) is 47.4 Å². The van der Waals surface area contributed by atoms with Gasteiger partial charge in [0.15, 0.2) is 16.6 Å². The van der Waals surface area contributed by atoms with Gasteiger partial charge in [-0.05, 0) is 54.5 Å². The molecule has 2 N–H and O–H groups in total. The number of aryl methyl sites for hydroxylation is 1. The van der Waals surface area contributed by atoms with E-state index >= 15 is 0 Å². The Kier molecular flexibility index (Phi) is 5.75. The number of hydrogen-bond acceptors (Lipinski definition) is 5. The van der Waals surface area contributed by atoms with Crippen LogP contribution >= 0.6 is 12.2 Å². The van der Waals surface area contributed by atoms with E-state index in [1.165, 1.54) is 0 Å². The van der Waals surface area contributed by atoms with Gasteiger partial charge in [0.25, 0.3) is 5.56 Å². The van der Waals surface area contributed by atoms with E-state index in [9.17, 15) is 4.79 Å². The number of rotatable bonds is 6. The Bertz CT molecular complexity index is 1360. The molecule has 3 heterocycles. The highest BCUT2D eigenvalue weighted by Gasteiger charge is 2.18. The van der Waals surface area contributed by atoms with Gasteiger partial charge in [0.05, 0.1) is 24.9 Å². The summed E-state index contributed by atoms with van der Waals surface area (Å²) in [4.78, 5) is 17.8. The lowest BCUT2D eigenvalue weighted by Crippen LogP contribution is -2.35. The number of aromatic amines is 1. The Morgan fingerprint density at radius 1 is 1.06 bits per heavy atom. The van der Waals surface area contributed by atoms with Gasteiger partial charge in [-0.3, -0.25) is 4.79 Å². The number of H-pyrrole nitrogens is 1. The van der Waals surface area contributed by atoms with Gasteiger partial charge in [0.2, 0.25) is 6.79 Å². The molecule has 1 aliphatic rings. The van der Waals surface area contributed by atoms with Crippen molar-refractivity contribution in [2.45, 2.75) is 26.4 Å². The van der Waals surface area contributed by atoms with Crippen LogP contribution in [0.4, 0.5) is 5.69 Å². The molecule has 4 aromatic rings. The normalized spacial score (nSPS) is 12.2. The van der Waals surface area contributed by atoms with Crippen LogP contribution in [0, 0.1) is 0 Å². The van der Waals surface area contributed by atoms with Crippen molar-refractivity contribution in [2.24, 2.45) is 0 Å². The first kappa shape index (κ1) is 21.1. The number of nitrogens with zero attached hydrogens (tertiary/aromatic N) is 1. The van der Waals surface area contributed by atoms with Crippen molar-refractivity contribution >= 4 is 33.9 Å². The number of ether oxygens (including phenoxy) is 2. The largest absolute Gasteiger partial charge is 0.467 e. The molecule has 5 rings (SSSR count). The van der Waals surface area contributed by atoms with Crippen LogP contribution in [0.3, 0.4) is 0 Å². The summed E-state index contributed by atoms with van der Waals surface area (Å²) in [5, 5.41) is 4.73. The van der Waals surface area contributed by atoms with E-state index in [0.717, 1.165) is 28.8 Å². The molecule has 0 amide bonds. The van der Waals surface area contributed by atoms with Crippen molar-refractivity contribution in [1.82, 2.24) is 9.88 Å². The topological polar surface area (TPSA) is 79.7 Å². The molecule has 0 atom stereocenters. The van der Waals surface area contributed by atoms with Crippen LogP contribution in [-0.2, 0) is 19.5 Å². The second-order valence-electron chi connectivity index (χ2n) is 7.79. The second kappa shape index (κ2) is 8.99. The minimum absolute atomic E-state index is 0.178. The first-order valence-electron chi connectivity index (χ1n) is 10.7. The minimum atomic E-state index is -0.178. The van der Waals surface area contributed by atoms with Crippen molar-refractivity contribution in [2.75, 3.05) is 12.1 Å². The van der Waals surface area contributed by atoms with Crippen LogP contribution in [0.1, 0.15) is 23.8 Å². The molecular weight excluding hydrogens is 438 g/mol. The number of pyridine rings is 1. The maximum absolute atomic E-state index is 12.9. The zero-order valence-corrected chi connectivity index (χ0v) is 18.9. The SMILES string of the molecule is CCc1ccccc1NC(=S)N(Cc1ccco1)Cc1cc2cc3c(cc2[nH]c1=O)OCO3. The Labute approximate surface area is 195 Å². The van der Waals surface area contributed by atoms with Crippen molar-refractivity contribution in [1.29, 1.82) is 0 Å². The van der Waals surface area contributed by atoms with E-state index in [0.29, 0.717) is 40.8 Å². The molecule has 2 aromatic heterocycles. The average Bonchev–Trinajstić information content (AvgIpc) is 3.49. The lowest BCUT2D eigenvalue weighted by molar-refractivity contribution is 0.174. The average molecular weight is 462 g/mol. The Hall–Kier alpha value is -3.78. The van der Waals surface area contributed by atoms with E-state index < -0.39 is 0 Å². The highest BCUT2D eigenvalue weighted by Crippen LogP contribution is 2.35. The van der Waals surface area contributed by atoms with Gasteiger partial charge < -0.3 is 29.1 Å². The van der Waals surface area contributed by atoms with Gasteiger partial charge in [0.1, 0.15) is 5.76 Å². The molecule has 2 aromatic carbocycles. The van der Waals surface area contributed by atoms with Crippen LogP contribution < -0.4 is 20.3 Å². The summed E-state index contributed by atoms with van der Waals surface area (Å²) in [5.74, 6) is 2.05. The van der Waals surface area contributed by atoms with Crippen molar-refractivity contribution in [3.8, 4) is 11.5 Å². The molecule has 168 valence electrons. The van der Waals surface area contributed by atoms with Crippen molar-refractivity contribution in [3.63, 3.8) is 0 Å². The zero-order chi connectivity index (χ0) is 22.8. The number of para-hydroxylation sites is 1. The lowest BCUT2D eigenvalue weighted by atomic mass is 10.1. The highest BCUT2D eigenvalue weighted by molar-refractivity contribution is 7.80. The molecule has 0 saturated heterocycles. The predicted molar refractivity (Wildman–Crippen MR) is 131 cm³/mol. The third kappa shape index (κ3) is 4.42. The third-order valence-corrected chi connectivity index (χ3v) is 5.99. The van der Waals surface area contributed by atoms with Gasteiger partial charge in [-0.15, -0.1) is 0 Å².